The molecule has 0 saturated carbocycles. The normalized spacial score (nSPS) is 18.4. The summed E-state index contributed by atoms with van der Waals surface area (Å²) in [5.41, 5.74) is 7.49. The molecule has 2 aromatic carbocycles. The van der Waals surface area contributed by atoms with E-state index in [4.69, 9.17) is 19.9 Å². The second-order valence-corrected chi connectivity index (χ2v) is 7.34. The second-order valence-electron chi connectivity index (χ2n) is 7.34. The largest absolute Gasteiger partial charge is 0.488 e. The first-order valence-electron chi connectivity index (χ1n) is 9.98. The van der Waals surface area contributed by atoms with Crippen molar-refractivity contribution in [2.24, 2.45) is 5.73 Å². The van der Waals surface area contributed by atoms with E-state index in [2.05, 4.69) is 0 Å². The zero-order valence-electron chi connectivity index (χ0n) is 17.0. The molecule has 6 nitrogen and oxygen atoms in total. The van der Waals surface area contributed by atoms with Crippen LogP contribution in [0.4, 0.5) is 4.39 Å². The summed E-state index contributed by atoms with van der Waals surface area (Å²) in [5, 5.41) is 0. The molecule has 1 heterocycles. The summed E-state index contributed by atoms with van der Waals surface area (Å²) in [6.45, 7) is -0.0144. The maximum atomic E-state index is 14.1. The molecular weight excluding hydrogens is 401 g/mol. The van der Waals surface area contributed by atoms with E-state index in [-0.39, 0.29) is 29.7 Å². The van der Waals surface area contributed by atoms with Crippen molar-refractivity contribution in [2.75, 3.05) is 7.11 Å². The number of rotatable bonds is 5. The van der Waals surface area contributed by atoms with E-state index in [9.17, 15) is 14.0 Å². The number of esters is 1. The number of halogens is 1. The number of hydrogen-bond donors (Lipinski definition) is 1. The van der Waals surface area contributed by atoms with Gasteiger partial charge in [0.2, 0.25) is 5.88 Å². The van der Waals surface area contributed by atoms with Gasteiger partial charge in [-0.05, 0) is 18.6 Å². The van der Waals surface area contributed by atoms with Crippen LogP contribution in [0, 0.1) is 5.82 Å². The van der Waals surface area contributed by atoms with Gasteiger partial charge in [-0.25, -0.2) is 9.18 Å². The molecule has 0 radical (unpaired) electrons. The number of Topliss-reactive ketones (excluding diaryl/α,β-unsaturated/α-hetero) is 1. The van der Waals surface area contributed by atoms with Crippen molar-refractivity contribution in [3.05, 3.63) is 88.3 Å². The molecule has 4 rings (SSSR count). The molecule has 0 spiro atoms. The number of para-hydroxylation sites is 1. The van der Waals surface area contributed by atoms with Gasteiger partial charge in [0.25, 0.3) is 0 Å². The highest BCUT2D eigenvalue weighted by Crippen LogP contribution is 2.46. The summed E-state index contributed by atoms with van der Waals surface area (Å²) in [5.74, 6) is -1.17. The molecule has 0 amide bonds. The molecule has 0 unspecified atom stereocenters. The molecule has 2 aliphatic rings. The summed E-state index contributed by atoms with van der Waals surface area (Å²) in [6, 6.07) is 13.3. The molecule has 1 aliphatic carbocycles. The van der Waals surface area contributed by atoms with E-state index >= 15 is 0 Å². The fourth-order valence-corrected chi connectivity index (χ4v) is 4.00. The second kappa shape index (κ2) is 8.63. The van der Waals surface area contributed by atoms with Crippen molar-refractivity contribution in [3.63, 3.8) is 0 Å². The third-order valence-corrected chi connectivity index (χ3v) is 5.46. The first-order chi connectivity index (χ1) is 15.0. The summed E-state index contributed by atoms with van der Waals surface area (Å²) in [6.07, 6.45) is 1.55. The van der Waals surface area contributed by atoms with Gasteiger partial charge in [0.15, 0.2) is 5.78 Å². The van der Waals surface area contributed by atoms with Crippen LogP contribution in [0.3, 0.4) is 0 Å². The first kappa shape index (κ1) is 20.7. The van der Waals surface area contributed by atoms with Crippen molar-refractivity contribution in [1.29, 1.82) is 0 Å². The molecule has 0 saturated heterocycles. The van der Waals surface area contributed by atoms with Crippen LogP contribution in [-0.4, -0.2) is 18.9 Å². The summed E-state index contributed by atoms with van der Waals surface area (Å²) < 4.78 is 30.6. The minimum Gasteiger partial charge on any atom is -0.488 e. The van der Waals surface area contributed by atoms with Crippen LogP contribution < -0.4 is 10.5 Å². The Bertz CT molecular complexity index is 1100. The Morgan fingerprint density at radius 1 is 1.16 bits per heavy atom. The molecule has 1 atom stereocenters. The van der Waals surface area contributed by atoms with Crippen LogP contribution in [0.2, 0.25) is 0 Å². The predicted octanol–water partition coefficient (Wildman–Crippen LogP) is 3.87. The Labute approximate surface area is 179 Å². The quantitative estimate of drug-likeness (QED) is 0.735. The van der Waals surface area contributed by atoms with Gasteiger partial charge in [-0.3, -0.25) is 4.79 Å². The van der Waals surface area contributed by atoms with Crippen molar-refractivity contribution >= 4 is 11.8 Å². The molecule has 0 aromatic heterocycles. The van der Waals surface area contributed by atoms with Gasteiger partial charge in [-0.1, -0.05) is 36.4 Å². The number of hydrogen-bond acceptors (Lipinski definition) is 6. The van der Waals surface area contributed by atoms with E-state index in [1.54, 1.807) is 42.5 Å². The third kappa shape index (κ3) is 3.91. The topological polar surface area (TPSA) is 87.9 Å². The highest BCUT2D eigenvalue weighted by molar-refractivity contribution is 6.03. The lowest BCUT2D eigenvalue weighted by molar-refractivity contribution is -0.136. The summed E-state index contributed by atoms with van der Waals surface area (Å²) in [7, 11) is 1.24. The maximum absolute atomic E-state index is 14.1. The number of ketones is 1. The van der Waals surface area contributed by atoms with Crippen molar-refractivity contribution in [2.45, 2.75) is 31.8 Å². The first-order valence-corrected chi connectivity index (χ1v) is 9.98. The number of carbonyl (C=O) groups is 2. The van der Waals surface area contributed by atoms with Gasteiger partial charge in [0, 0.05) is 29.5 Å². The van der Waals surface area contributed by atoms with Crippen molar-refractivity contribution in [1.82, 2.24) is 0 Å². The summed E-state index contributed by atoms with van der Waals surface area (Å²) >= 11 is 0. The molecule has 160 valence electrons. The van der Waals surface area contributed by atoms with E-state index in [1.807, 2.05) is 0 Å². The lowest BCUT2D eigenvalue weighted by Gasteiger charge is -2.32. The number of methoxy groups -OCH3 is 1. The SMILES string of the molecule is COC(=O)C1=C(N)OC2=C(C(=O)CCC2)[C@@H]1c1ccccc1OCc1ccccc1F. The minimum atomic E-state index is -0.791. The van der Waals surface area contributed by atoms with Crippen molar-refractivity contribution < 1.29 is 28.2 Å². The fraction of sp³-hybridized carbons (Fsp3) is 0.250. The lowest BCUT2D eigenvalue weighted by atomic mass is 9.77. The zero-order valence-corrected chi connectivity index (χ0v) is 17.0. The lowest BCUT2D eigenvalue weighted by Crippen LogP contribution is -2.31. The van der Waals surface area contributed by atoms with Gasteiger partial charge in [0.05, 0.1) is 13.0 Å². The maximum Gasteiger partial charge on any atom is 0.340 e. The van der Waals surface area contributed by atoms with Crippen LogP contribution in [0.15, 0.2) is 71.3 Å². The van der Waals surface area contributed by atoms with Gasteiger partial charge >= 0.3 is 5.97 Å². The van der Waals surface area contributed by atoms with Crippen LogP contribution in [0.5, 0.6) is 5.75 Å². The monoisotopic (exact) mass is 423 g/mol. The average Bonchev–Trinajstić information content (AvgIpc) is 2.77. The van der Waals surface area contributed by atoms with Gasteiger partial charge in [0.1, 0.15) is 29.5 Å². The highest BCUT2D eigenvalue weighted by atomic mass is 19.1. The third-order valence-electron chi connectivity index (χ3n) is 5.46. The zero-order chi connectivity index (χ0) is 22.0. The molecule has 0 fully saturated rings. The number of carbonyl (C=O) groups excluding carboxylic acids is 2. The van der Waals surface area contributed by atoms with Gasteiger partial charge in [-0.15, -0.1) is 0 Å². The Kier molecular flexibility index (Phi) is 5.75. The van der Waals surface area contributed by atoms with Crippen molar-refractivity contribution in [3.8, 4) is 5.75 Å². The molecule has 1 aliphatic heterocycles. The van der Waals surface area contributed by atoms with E-state index in [0.29, 0.717) is 47.5 Å². The average molecular weight is 423 g/mol. The van der Waals surface area contributed by atoms with Gasteiger partial charge in [-0.2, -0.15) is 0 Å². The molecule has 2 aromatic rings. The van der Waals surface area contributed by atoms with Crippen LogP contribution in [-0.2, 0) is 25.7 Å². The Hall–Kier alpha value is -3.61. The Morgan fingerprint density at radius 2 is 1.90 bits per heavy atom. The molecule has 31 heavy (non-hydrogen) atoms. The fourth-order valence-electron chi connectivity index (χ4n) is 4.00. The Morgan fingerprint density at radius 3 is 2.68 bits per heavy atom. The highest BCUT2D eigenvalue weighted by Gasteiger charge is 2.42. The molecule has 2 N–H and O–H groups in total. The standard InChI is InChI=1S/C24H22FNO5/c1-29-24(28)22-20(21-17(27)10-6-12-19(21)31-23(22)26)15-8-3-5-11-18(15)30-13-14-7-2-4-9-16(14)25/h2-5,7-9,11,20H,6,10,12-13,26H2,1H3/t20-/m0/s1. The molecular formula is C24H22FNO5. The van der Waals surface area contributed by atoms with Crippen LogP contribution in [0.1, 0.15) is 36.3 Å². The van der Waals surface area contributed by atoms with E-state index < -0.39 is 11.9 Å². The number of nitrogens with two attached hydrogens (primary N) is 1. The van der Waals surface area contributed by atoms with Gasteiger partial charge < -0.3 is 19.9 Å². The number of allylic oxidation sites excluding steroid dienone is 2. The Balaban J connectivity index is 1.79. The smallest absolute Gasteiger partial charge is 0.340 e. The number of ether oxygens (including phenoxy) is 3. The minimum absolute atomic E-state index is 0.0144. The summed E-state index contributed by atoms with van der Waals surface area (Å²) in [4.78, 5) is 25.5. The predicted molar refractivity (Wildman–Crippen MR) is 110 cm³/mol. The van der Waals surface area contributed by atoms with Crippen LogP contribution in [0.25, 0.3) is 0 Å². The van der Waals surface area contributed by atoms with Crippen LogP contribution >= 0.6 is 0 Å². The van der Waals surface area contributed by atoms with E-state index in [1.165, 1.54) is 13.2 Å². The molecule has 0 bridgehead atoms. The molecule has 7 heteroatoms. The number of benzene rings is 2. The van der Waals surface area contributed by atoms with E-state index in [0.717, 1.165) is 0 Å².